The van der Waals surface area contributed by atoms with Crippen molar-refractivity contribution in [3.05, 3.63) is 34.9 Å². The first kappa shape index (κ1) is 28.3. The zero-order valence-corrected chi connectivity index (χ0v) is 23.0. The molecule has 2 amide bonds. The third-order valence-corrected chi connectivity index (χ3v) is 6.75. The van der Waals surface area contributed by atoms with E-state index in [0.717, 1.165) is 29.9 Å². The van der Waals surface area contributed by atoms with Gasteiger partial charge in [0.2, 0.25) is 5.91 Å². The molecule has 0 spiro atoms. The smallest absolute Gasteiger partial charge is 0.277 e. The van der Waals surface area contributed by atoms with Crippen LogP contribution in [0, 0.1) is 0 Å². The number of rotatable bonds is 11. The van der Waals surface area contributed by atoms with Gasteiger partial charge >= 0.3 is 0 Å². The molecule has 210 valence electrons. The highest BCUT2D eigenvalue weighted by atomic mass is 35.5. The van der Waals surface area contributed by atoms with Crippen LogP contribution in [-0.4, -0.2) is 77.2 Å². The molecule has 14 heteroatoms. The van der Waals surface area contributed by atoms with E-state index in [2.05, 4.69) is 34.6 Å². The van der Waals surface area contributed by atoms with Gasteiger partial charge in [0.25, 0.3) is 11.7 Å². The van der Waals surface area contributed by atoms with Gasteiger partial charge in [-0.3, -0.25) is 14.5 Å². The molecule has 2 aromatic heterocycles. The average molecular weight is 561 g/mol. The number of imidazole rings is 1. The normalized spacial score (nSPS) is 13.9. The van der Waals surface area contributed by atoms with E-state index < -0.39 is 5.91 Å². The average Bonchev–Trinajstić information content (AvgIpc) is 3.23. The Bertz CT molecular complexity index is 1340. The van der Waals surface area contributed by atoms with Crippen LogP contribution in [0.25, 0.3) is 11.0 Å². The third kappa shape index (κ3) is 6.67. The van der Waals surface area contributed by atoms with Crippen molar-refractivity contribution in [2.45, 2.75) is 33.5 Å². The number of hydrogen-bond donors (Lipinski definition) is 4. The summed E-state index contributed by atoms with van der Waals surface area (Å²) in [6.45, 7) is 9.62. The summed E-state index contributed by atoms with van der Waals surface area (Å²) in [6, 6.07) is 5.86. The number of fused-ring (bicyclic) bond motifs is 1. The molecule has 1 saturated heterocycles. The Kier molecular flexibility index (Phi) is 9.38. The monoisotopic (exact) mass is 560 g/mol. The maximum Gasteiger partial charge on any atom is 0.277 e. The van der Waals surface area contributed by atoms with Gasteiger partial charge in [-0.25, -0.2) is 19.1 Å². The Morgan fingerprint density at radius 3 is 2.64 bits per heavy atom. The fourth-order valence-corrected chi connectivity index (χ4v) is 4.71. The van der Waals surface area contributed by atoms with Crippen molar-refractivity contribution in [2.24, 2.45) is 0 Å². The van der Waals surface area contributed by atoms with Gasteiger partial charge in [-0.1, -0.05) is 11.6 Å². The maximum absolute atomic E-state index is 12.8. The van der Waals surface area contributed by atoms with Crippen molar-refractivity contribution < 1.29 is 23.6 Å². The highest BCUT2D eigenvalue weighted by Crippen LogP contribution is 2.22. The number of aromatic nitrogens is 4. The van der Waals surface area contributed by atoms with Crippen molar-refractivity contribution in [2.75, 3.05) is 57.5 Å². The Labute approximate surface area is 231 Å². The van der Waals surface area contributed by atoms with E-state index in [1.807, 2.05) is 32.0 Å². The van der Waals surface area contributed by atoms with Gasteiger partial charge in [0.1, 0.15) is 18.9 Å². The molecule has 1 fully saturated rings. The van der Waals surface area contributed by atoms with Crippen molar-refractivity contribution in [1.29, 1.82) is 0 Å². The third-order valence-electron chi connectivity index (χ3n) is 6.47. The molecule has 0 aliphatic carbocycles. The number of nitrogens with two attached hydrogens (primary N) is 2. The lowest BCUT2D eigenvalue weighted by Gasteiger charge is -2.25. The lowest BCUT2D eigenvalue weighted by Crippen LogP contribution is -2.43. The summed E-state index contributed by atoms with van der Waals surface area (Å²) in [5.74, 6) is 0.930. The van der Waals surface area contributed by atoms with Crippen LogP contribution in [0.15, 0.2) is 18.2 Å². The predicted molar refractivity (Wildman–Crippen MR) is 146 cm³/mol. The number of nitrogen functional groups attached to an aromatic ring is 2. The Hall–Kier alpha value is -3.68. The number of carbonyl (C=O) groups is 2. The van der Waals surface area contributed by atoms with E-state index in [9.17, 15) is 9.59 Å². The number of aryl methyl sites for hydroxylation is 2. The highest BCUT2D eigenvalue weighted by molar-refractivity contribution is 6.31. The Balaban J connectivity index is 1.41. The van der Waals surface area contributed by atoms with Gasteiger partial charge in [0.15, 0.2) is 33.5 Å². The standard InChI is InChI=1S/C25H34ClN9O4/c1-3-34-17-6-5-16(39-10-7-29-19(36)15-33-8-11-38-12-9-33)13-18(17)35(4-2)20(34)14-30-25(37)21-23(27)32-24(28)22(26)31-21/h5-6,13H,3-4,7-12,14-15H2,1-2H3,(H5-,27,28,29,30,32,36,37)/p+1. The minimum Gasteiger partial charge on any atom is -0.492 e. The summed E-state index contributed by atoms with van der Waals surface area (Å²) in [5.41, 5.74) is 13.3. The van der Waals surface area contributed by atoms with E-state index in [1.54, 1.807) is 0 Å². The van der Waals surface area contributed by atoms with Crippen LogP contribution in [-0.2, 0) is 29.2 Å². The molecule has 4 rings (SSSR count). The number of halogens is 1. The summed E-state index contributed by atoms with van der Waals surface area (Å²) >= 11 is 5.93. The van der Waals surface area contributed by atoms with E-state index >= 15 is 0 Å². The largest absolute Gasteiger partial charge is 0.492 e. The summed E-state index contributed by atoms with van der Waals surface area (Å²) in [6.07, 6.45) is 0. The SMILES string of the molecule is CCn1c(CNC(=O)c2nc(Cl)c(N)nc2N)[n+](CC)c2ccc(OCCNC(=O)CN3CCOCC3)cc21. The molecule has 1 aliphatic heterocycles. The van der Waals surface area contributed by atoms with Crippen LogP contribution in [0.2, 0.25) is 5.15 Å². The van der Waals surface area contributed by atoms with E-state index in [1.165, 1.54) is 0 Å². The number of hydrogen-bond acceptors (Lipinski definition) is 9. The van der Waals surface area contributed by atoms with Crippen LogP contribution in [0.5, 0.6) is 5.75 Å². The van der Waals surface area contributed by atoms with E-state index in [4.69, 9.17) is 32.5 Å². The number of morpholine rings is 1. The highest BCUT2D eigenvalue weighted by Gasteiger charge is 2.25. The van der Waals surface area contributed by atoms with Crippen LogP contribution in [0.4, 0.5) is 11.6 Å². The van der Waals surface area contributed by atoms with Crippen molar-refractivity contribution in [1.82, 2.24) is 30.1 Å². The number of ether oxygens (including phenoxy) is 2. The molecule has 3 heterocycles. The number of nitrogens with zero attached hydrogens (tertiary/aromatic N) is 5. The lowest BCUT2D eigenvalue weighted by atomic mass is 10.3. The molecule has 0 saturated carbocycles. The second-order valence-corrected chi connectivity index (χ2v) is 9.32. The first-order chi connectivity index (χ1) is 18.8. The molecule has 0 atom stereocenters. The molecule has 39 heavy (non-hydrogen) atoms. The fourth-order valence-electron chi connectivity index (χ4n) is 4.59. The maximum atomic E-state index is 12.8. The number of carbonyl (C=O) groups excluding carboxylic acids is 2. The topological polar surface area (TPSA) is 167 Å². The van der Waals surface area contributed by atoms with Crippen LogP contribution in [0.3, 0.4) is 0 Å². The number of nitrogens with one attached hydrogen (secondary N) is 2. The Morgan fingerprint density at radius 1 is 1.15 bits per heavy atom. The van der Waals surface area contributed by atoms with E-state index in [0.29, 0.717) is 51.7 Å². The second kappa shape index (κ2) is 12.9. The van der Waals surface area contributed by atoms with Gasteiger partial charge in [-0.05, 0) is 26.0 Å². The van der Waals surface area contributed by atoms with E-state index in [-0.39, 0.29) is 34.9 Å². The predicted octanol–water partition coefficient (Wildman–Crippen LogP) is 0.334. The molecule has 0 bridgehead atoms. The van der Waals surface area contributed by atoms with Gasteiger partial charge in [-0.15, -0.1) is 0 Å². The van der Waals surface area contributed by atoms with Crippen LogP contribution < -0.4 is 31.4 Å². The minimum atomic E-state index is -0.503. The molecule has 0 radical (unpaired) electrons. The lowest BCUT2D eigenvalue weighted by molar-refractivity contribution is -0.676. The first-order valence-corrected chi connectivity index (χ1v) is 13.3. The number of amides is 2. The molecule has 3 aromatic rings. The van der Waals surface area contributed by atoms with Crippen LogP contribution in [0.1, 0.15) is 30.2 Å². The van der Waals surface area contributed by atoms with Gasteiger partial charge < -0.3 is 31.6 Å². The minimum absolute atomic E-state index is 0.0273. The zero-order valence-electron chi connectivity index (χ0n) is 22.2. The summed E-state index contributed by atoms with van der Waals surface area (Å²) in [4.78, 5) is 34.9. The summed E-state index contributed by atoms with van der Waals surface area (Å²) in [7, 11) is 0. The van der Waals surface area contributed by atoms with Gasteiger partial charge in [-0.2, -0.15) is 0 Å². The second-order valence-electron chi connectivity index (χ2n) is 8.96. The number of benzene rings is 1. The van der Waals surface area contributed by atoms with Crippen LogP contribution >= 0.6 is 11.6 Å². The van der Waals surface area contributed by atoms with Crippen molar-refractivity contribution >= 4 is 46.1 Å². The summed E-state index contributed by atoms with van der Waals surface area (Å²) in [5, 5.41) is 5.69. The van der Waals surface area contributed by atoms with Gasteiger partial charge in [0, 0.05) is 19.2 Å². The molecule has 13 nitrogen and oxygen atoms in total. The molecule has 1 aliphatic rings. The number of anilines is 2. The first-order valence-electron chi connectivity index (χ1n) is 12.9. The molecular weight excluding hydrogens is 526 g/mol. The van der Waals surface area contributed by atoms with Crippen molar-refractivity contribution in [3.63, 3.8) is 0 Å². The Morgan fingerprint density at radius 2 is 1.92 bits per heavy atom. The molecular formula is C25H35ClN9O4+. The quantitative estimate of drug-likeness (QED) is 0.191. The molecule has 1 aromatic carbocycles. The molecule has 0 unspecified atom stereocenters. The molecule has 6 N–H and O–H groups in total. The van der Waals surface area contributed by atoms with Crippen molar-refractivity contribution in [3.8, 4) is 5.75 Å². The summed E-state index contributed by atoms with van der Waals surface area (Å²) < 4.78 is 15.5. The van der Waals surface area contributed by atoms with Gasteiger partial charge in [0.05, 0.1) is 39.4 Å². The zero-order chi connectivity index (χ0) is 27.9. The fraction of sp³-hybridized carbons (Fsp3) is 0.480.